The summed E-state index contributed by atoms with van der Waals surface area (Å²) in [6.45, 7) is 8.95. The Hall–Kier alpha value is -1.86. The van der Waals surface area contributed by atoms with Gasteiger partial charge in [-0.3, -0.25) is 14.7 Å². The van der Waals surface area contributed by atoms with Gasteiger partial charge in [-0.1, -0.05) is 30.5 Å². The summed E-state index contributed by atoms with van der Waals surface area (Å²) < 4.78 is 0. The summed E-state index contributed by atoms with van der Waals surface area (Å²) in [5, 5.41) is 7.20. The predicted octanol–water partition coefficient (Wildman–Crippen LogP) is 2.17. The molecule has 166 valence electrons. The van der Waals surface area contributed by atoms with Gasteiger partial charge < -0.3 is 15.5 Å². The molecular formula is C22H35ClN6O. The number of hydrogen-bond acceptors (Lipinski definition) is 4. The van der Waals surface area contributed by atoms with Crippen molar-refractivity contribution >= 4 is 23.5 Å². The maximum Gasteiger partial charge on any atom is 0.225 e. The normalized spacial score (nSPS) is 18.6. The van der Waals surface area contributed by atoms with E-state index in [1.165, 1.54) is 12.8 Å². The molecule has 1 aromatic heterocycles. The van der Waals surface area contributed by atoms with Gasteiger partial charge >= 0.3 is 0 Å². The highest BCUT2D eigenvalue weighted by molar-refractivity contribution is 6.29. The molecule has 0 aromatic carbocycles. The lowest BCUT2D eigenvalue weighted by Crippen LogP contribution is -2.50. The topological polar surface area (TPSA) is 72.9 Å². The number of carbonyl (C=O) groups excluding carboxylic acids is 1. The van der Waals surface area contributed by atoms with E-state index < -0.39 is 0 Å². The number of nitrogens with zero attached hydrogens (tertiary/aromatic N) is 4. The highest BCUT2D eigenvalue weighted by Gasteiger charge is 2.29. The van der Waals surface area contributed by atoms with Crippen molar-refractivity contribution in [1.82, 2.24) is 25.4 Å². The molecule has 2 N–H and O–H groups in total. The summed E-state index contributed by atoms with van der Waals surface area (Å²) in [6, 6.07) is 3.81. The fraction of sp³-hybridized carbons (Fsp3) is 0.682. The lowest BCUT2D eigenvalue weighted by molar-refractivity contribution is -0.137. The molecule has 1 saturated heterocycles. The summed E-state index contributed by atoms with van der Waals surface area (Å²) in [5.41, 5.74) is 1.15. The van der Waals surface area contributed by atoms with Gasteiger partial charge in [0.25, 0.3) is 0 Å². The first-order chi connectivity index (χ1) is 14.7. The Morgan fingerprint density at radius 1 is 1.20 bits per heavy atom. The standard InChI is InChI=1S/C22H35ClN6O/c1-2-24-22(25-10-9-18-7-8-20(23)27-17-18)26-11-12-28-13-15-29(16-14-28)21(30)19-5-3-4-6-19/h7-8,17,19H,2-6,9-16H2,1H3,(H2,24,25,26). The summed E-state index contributed by atoms with van der Waals surface area (Å²) in [5.74, 6) is 1.52. The van der Waals surface area contributed by atoms with Gasteiger partial charge in [0.1, 0.15) is 5.15 Å². The number of carbonyl (C=O) groups is 1. The second kappa shape index (κ2) is 12.1. The molecule has 1 aliphatic heterocycles. The molecule has 0 unspecified atom stereocenters. The average Bonchev–Trinajstić information content (AvgIpc) is 3.30. The summed E-state index contributed by atoms with van der Waals surface area (Å²) >= 11 is 5.83. The third kappa shape index (κ3) is 7.13. The van der Waals surface area contributed by atoms with Crippen molar-refractivity contribution in [2.45, 2.75) is 39.0 Å². The number of pyridine rings is 1. The molecule has 3 rings (SSSR count). The number of aliphatic imine (C=N–C) groups is 1. The van der Waals surface area contributed by atoms with Crippen molar-refractivity contribution in [2.75, 3.05) is 52.4 Å². The van der Waals surface area contributed by atoms with Crippen molar-refractivity contribution < 1.29 is 4.79 Å². The maximum atomic E-state index is 12.6. The van der Waals surface area contributed by atoms with Crippen molar-refractivity contribution in [3.8, 4) is 0 Å². The fourth-order valence-electron chi connectivity index (χ4n) is 4.15. The molecule has 1 aromatic rings. The number of amides is 1. The molecule has 1 aliphatic carbocycles. The van der Waals surface area contributed by atoms with Crippen LogP contribution in [0.15, 0.2) is 23.3 Å². The van der Waals surface area contributed by atoms with E-state index in [9.17, 15) is 4.79 Å². The number of aromatic nitrogens is 1. The number of hydrogen-bond donors (Lipinski definition) is 2. The van der Waals surface area contributed by atoms with Crippen molar-refractivity contribution in [2.24, 2.45) is 10.9 Å². The van der Waals surface area contributed by atoms with Gasteiger partial charge in [-0.15, -0.1) is 0 Å². The Morgan fingerprint density at radius 3 is 2.63 bits per heavy atom. The minimum atomic E-state index is 0.290. The molecule has 2 heterocycles. The monoisotopic (exact) mass is 434 g/mol. The van der Waals surface area contributed by atoms with E-state index in [4.69, 9.17) is 16.6 Å². The predicted molar refractivity (Wildman–Crippen MR) is 122 cm³/mol. The smallest absolute Gasteiger partial charge is 0.225 e. The van der Waals surface area contributed by atoms with E-state index >= 15 is 0 Å². The lowest BCUT2D eigenvalue weighted by Gasteiger charge is -2.35. The SMILES string of the molecule is CCNC(=NCCN1CCN(C(=O)C2CCCC2)CC1)NCCc1ccc(Cl)nc1. The highest BCUT2D eigenvalue weighted by Crippen LogP contribution is 2.26. The van der Waals surface area contributed by atoms with Gasteiger partial charge in [-0.25, -0.2) is 4.98 Å². The molecule has 0 atom stereocenters. The largest absolute Gasteiger partial charge is 0.357 e. The van der Waals surface area contributed by atoms with Gasteiger partial charge in [0.05, 0.1) is 6.54 Å². The molecule has 1 saturated carbocycles. The molecular weight excluding hydrogens is 400 g/mol. The Morgan fingerprint density at radius 2 is 1.97 bits per heavy atom. The Kier molecular flexibility index (Phi) is 9.21. The molecule has 7 nitrogen and oxygen atoms in total. The third-order valence-electron chi connectivity index (χ3n) is 5.91. The second-order valence-electron chi connectivity index (χ2n) is 8.07. The van der Waals surface area contributed by atoms with Gasteiger partial charge in [0, 0.05) is 57.9 Å². The number of halogens is 1. The zero-order valence-corrected chi connectivity index (χ0v) is 18.8. The molecule has 2 aliphatic rings. The molecule has 0 bridgehead atoms. The van der Waals surface area contributed by atoms with Gasteiger partial charge in [-0.2, -0.15) is 0 Å². The first-order valence-corrected chi connectivity index (χ1v) is 11.7. The average molecular weight is 435 g/mol. The number of guanidine groups is 1. The van der Waals surface area contributed by atoms with Crippen LogP contribution in [0.2, 0.25) is 5.15 Å². The van der Waals surface area contributed by atoms with Gasteiger partial charge in [0.2, 0.25) is 5.91 Å². The molecule has 30 heavy (non-hydrogen) atoms. The van der Waals surface area contributed by atoms with Crippen LogP contribution in [-0.4, -0.2) is 79.0 Å². The summed E-state index contributed by atoms with van der Waals surface area (Å²) in [4.78, 5) is 25.9. The van der Waals surface area contributed by atoms with Crippen LogP contribution in [0.25, 0.3) is 0 Å². The van der Waals surface area contributed by atoms with Gasteiger partial charge in [0.15, 0.2) is 5.96 Å². The van der Waals surface area contributed by atoms with Crippen LogP contribution < -0.4 is 10.6 Å². The maximum absolute atomic E-state index is 12.6. The second-order valence-corrected chi connectivity index (χ2v) is 8.46. The lowest BCUT2D eigenvalue weighted by atomic mass is 10.1. The Bertz CT molecular complexity index is 681. The van der Waals surface area contributed by atoms with Crippen molar-refractivity contribution in [1.29, 1.82) is 0 Å². The van der Waals surface area contributed by atoms with Crippen LogP contribution in [0.3, 0.4) is 0 Å². The van der Waals surface area contributed by atoms with Crippen molar-refractivity contribution in [3.63, 3.8) is 0 Å². The minimum Gasteiger partial charge on any atom is -0.357 e. The van der Waals surface area contributed by atoms with Crippen LogP contribution in [0.5, 0.6) is 0 Å². The first kappa shape index (κ1) is 22.8. The van der Waals surface area contributed by atoms with Crippen molar-refractivity contribution in [3.05, 3.63) is 29.0 Å². The van der Waals surface area contributed by atoms with E-state index in [1.54, 1.807) is 0 Å². The molecule has 8 heteroatoms. The quantitative estimate of drug-likeness (QED) is 0.372. The van der Waals surface area contributed by atoms with Crippen LogP contribution in [0.4, 0.5) is 0 Å². The zero-order chi connectivity index (χ0) is 21.2. The van der Waals surface area contributed by atoms with E-state index in [-0.39, 0.29) is 0 Å². The van der Waals surface area contributed by atoms with Crippen LogP contribution >= 0.6 is 11.6 Å². The van der Waals surface area contributed by atoms with E-state index in [1.807, 2.05) is 18.3 Å². The van der Waals surface area contributed by atoms with E-state index in [0.717, 1.165) is 83.1 Å². The highest BCUT2D eigenvalue weighted by atomic mass is 35.5. The summed E-state index contributed by atoms with van der Waals surface area (Å²) in [7, 11) is 0. The van der Waals surface area contributed by atoms with Crippen LogP contribution in [0.1, 0.15) is 38.2 Å². The zero-order valence-electron chi connectivity index (χ0n) is 18.1. The number of rotatable bonds is 8. The van der Waals surface area contributed by atoms with Crippen LogP contribution in [0, 0.1) is 5.92 Å². The Balaban J connectivity index is 1.35. The Labute approximate surface area is 185 Å². The molecule has 0 radical (unpaired) electrons. The van der Waals surface area contributed by atoms with Gasteiger partial charge in [-0.05, 0) is 37.8 Å². The van der Waals surface area contributed by atoms with Crippen LogP contribution in [-0.2, 0) is 11.2 Å². The third-order valence-corrected chi connectivity index (χ3v) is 6.14. The summed E-state index contributed by atoms with van der Waals surface area (Å²) in [6.07, 6.45) is 7.28. The molecule has 2 fully saturated rings. The van der Waals surface area contributed by atoms with E-state index in [2.05, 4.69) is 32.3 Å². The number of nitrogens with one attached hydrogen (secondary N) is 2. The van der Waals surface area contributed by atoms with E-state index in [0.29, 0.717) is 17.0 Å². The minimum absolute atomic E-state index is 0.290. The fourth-order valence-corrected chi connectivity index (χ4v) is 4.26. The molecule has 0 spiro atoms. The molecule has 1 amide bonds. The first-order valence-electron chi connectivity index (χ1n) is 11.3. The number of piperazine rings is 1.